The Balaban J connectivity index is 0.0000000865. The normalized spacial score (nSPS) is 14.3. The Morgan fingerprint density at radius 2 is 0.659 bits per heavy atom. The Bertz CT molecular complexity index is 8490. The molecule has 0 aliphatic heterocycles. The quantitative estimate of drug-likeness (QED) is 0.0716. The maximum atomic E-state index is 6.52. The number of halogens is 2. The Morgan fingerprint density at radius 1 is 0.258 bits per heavy atom. The van der Waals surface area contributed by atoms with Gasteiger partial charge in [0.05, 0.1) is 120 Å². The minimum Gasteiger partial charge on any atom is -0.358 e. The molecule has 0 saturated carbocycles. The van der Waals surface area contributed by atoms with E-state index in [1.165, 1.54) is 185 Å². The van der Waals surface area contributed by atoms with Crippen molar-refractivity contribution in [3.63, 3.8) is 0 Å². The number of hydrogen-bond donors (Lipinski definition) is 10. The molecule has 20 aromatic heterocycles. The predicted octanol–water partition coefficient (Wildman–Crippen LogP) is 24.0. The van der Waals surface area contributed by atoms with Gasteiger partial charge in [-0.3, -0.25) is 25.4 Å². The van der Waals surface area contributed by atoms with Crippen LogP contribution in [0.3, 0.4) is 0 Å². The van der Waals surface area contributed by atoms with Gasteiger partial charge in [0.2, 0.25) is 0 Å². The molecule has 5 aliphatic carbocycles. The van der Waals surface area contributed by atoms with Crippen molar-refractivity contribution in [2.24, 2.45) is 0 Å². The standard InChI is InChI=1S/C22H18N4.2C21H16ClN5.C21H17N5.C20H16N6/c1-2-5-14-13(4-1)20-16-9-11-23-18(16)7-8-19(20)26-21(14)17-12-25-22-15(17)6-3-10-24-22;22-18-8-5-13-14(9-23-21(13)26-18)20-12-4-2-1-3-11(12)19-15-10-24-27-16(15)6-7-17(19)25-20;22-15-7-8-23-21-19(15)14(9-24-21)20-12-4-2-1-3-11(12)18-13-10-25-27-16(13)5-6-17(18)26-20;1-2-5-13-12(4-1)19-16-11-24-26-17(16)7-8-18(19)25-20(13)15-10-23-21-14(15)6-3-9-22-21;1-2-4-12-11(3-1)18-13-8-24-26-15(13)5-6-16(18)25-19(12)14-7-22-17-9-21-10-23-20(14)17/h3,6-12,26H,1-2,4-5H2,(H,24,25);5-10H,1-4H2,(H,23,26)(H,24,27);5-10H,1-4H2,(H,23,24)(H,25,27);3,6-11H,1-2,4-5H2,(H,22,23)(H,24,26);5-10,22H,1-4H2,(H,24,26). The second-order valence-electron chi connectivity index (χ2n) is 35.3. The zero-order chi connectivity index (χ0) is 87.2. The number of aromatic nitrogens is 25. The number of nitrogens with one attached hydrogen (secondary N) is 10. The highest BCUT2D eigenvalue weighted by Gasteiger charge is 2.31. The minimum absolute atomic E-state index is 0.492. The van der Waals surface area contributed by atoms with E-state index in [9.17, 15) is 0 Å². The highest BCUT2D eigenvalue weighted by molar-refractivity contribution is 6.36. The Morgan fingerprint density at radius 3 is 1.18 bits per heavy atom. The fourth-order valence-electron chi connectivity index (χ4n) is 22.2. The lowest BCUT2D eigenvalue weighted by molar-refractivity contribution is 0.689. The summed E-state index contributed by atoms with van der Waals surface area (Å²) < 4.78 is 0. The molecule has 10 N–H and O–H groups in total. The monoisotopic (exact) mass is 1760 g/mol. The number of fused-ring (bicyclic) bond motifs is 30. The maximum absolute atomic E-state index is 6.52. The fourth-order valence-corrected chi connectivity index (χ4v) is 22.6. The van der Waals surface area contributed by atoms with E-state index in [2.05, 4.69) is 197 Å². The van der Waals surface area contributed by atoms with Crippen molar-refractivity contribution in [1.82, 2.24) is 126 Å². The Labute approximate surface area is 760 Å². The molecule has 132 heavy (non-hydrogen) atoms. The number of hydrogen-bond acceptors (Lipinski definition) is 15. The van der Waals surface area contributed by atoms with E-state index in [1.54, 1.807) is 12.5 Å². The van der Waals surface area contributed by atoms with Gasteiger partial charge in [0.25, 0.3) is 0 Å². The lowest BCUT2D eigenvalue weighted by Gasteiger charge is -2.22. The summed E-state index contributed by atoms with van der Waals surface area (Å²) in [5, 5.41) is 47.1. The van der Waals surface area contributed by atoms with Gasteiger partial charge in [0, 0.05) is 165 Å². The van der Waals surface area contributed by atoms with Crippen LogP contribution in [-0.2, 0) is 64.2 Å². The molecule has 0 bridgehead atoms. The summed E-state index contributed by atoms with van der Waals surface area (Å²) in [7, 11) is 0. The van der Waals surface area contributed by atoms with E-state index in [0.29, 0.717) is 10.2 Å². The number of aryl methyl sites for hydroxylation is 5. The number of rotatable bonds is 5. The average molecular weight is 1770 g/mol. The molecular formula is C105H83Cl2N25. The molecule has 0 atom stereocenters. The molecule has 0 spiro atoms. The smallest absolute Gasteiger partial charge is 0.139 e. The van der Waals surface area contributed by atoms with E-state index in [0.717, 1.165) is 219 Å². The molecule has 20 heterocycles. The third kappa shape index (κ3) is 12.8. The van der Waals surface area contributed by atoms with Crippen molar-refractivity contribution < 1.29 is 0 Å². The van der Waals surface area contributed by atoms with Gasteiger partial charge in [-0.2, -0.15) is 20.4 Å². The van der Waals surface area contributed by atoms with Crippen molar-refractivity contribution in [2.45, 2.75) is 128 Å². The van der Waals surface area contributed by atoms with Crippen LogP contribution in [0.2, 0.25) is 10.2 Å². The highest BCUT2D eigenvalue weighted by atomic mass is 35.5. The third-order valence-electron chi connectivity index (χ3n) is 28.1. The van der Waals surface area contributed by atoms with Crippen LogP contribution < -0.4 is 0 Å². The summed E-state index contributed by atoms with van der Waals surface area (Å²) in [5.74, 6) is 0. The van der Waals surface area contributed by atoms with Crippen LogP contribution in [0.25, 0.3) is 220 Å². The molecular weight excluding hydrogens is 1680 g/mol. The molecule has 5 aromatic carbocycles. The zero-order valence-electron chi connectivity index (χ0n) is 71.7. The van der Waals surface area contributed by atoms with Gasteiger partial charge in [0.15, 0.2) is 0 Å². The molecule has 25 aromatic rings. The molecule has 0 radical (unpaired) electrons. The van der Waals surface area contributed by atoms with Crippen LogP contribution in [0.4, 0.5) is 0 Å². The molecule has 0 unspecified atom stereocenters. The number of pyridine rings is 9. The van der Waals surface area contributed by atoms with Gasteiger partial charge in [-0.15, -0.1) is 0 Å². The molecule has 5 aliphatic rings. The Kier molecular flexibility index (Phi) is 18.7. The third-order valence-corrected chi connectivity index (χ3v) is 28.7. The van der Waals surface area contributed by atoms with Crippen LogP contribution in [0.1, 0.15) is 120 Å². The van der Waals surface area contributed by atoms with Crippen LogP contribution in [0.5, 0.6) is 0 Å². The number of H-pyrrole nitrogens is 10. The van der Waals surface area contributed by atoms with Gasteiger partial charge in [-0.25, -0.2) is 49.8 Å². The van der Waals surface area contributed by atoms with E-state index >= 15 is 0 Å². The molecule has 25 nitrogen and oxygen atoms in total. The van der Waals surface area contributed by atoms with Gasteiger partial charge in [-0.05, 0) is 293 Å². The van der Waals surface area contributed by atoms with Crippen LogP contribution in [0, 0.1) is 0 Å². The fraction of sp³-hybridized carbons (Fsp3) is 0.190. The molecule has 0 saturated heterocycles. The summed E-state index contributed by atoms with van der Waals surface area (Å²) in [6, 6.07) is 37.0. The van der Waals surface area contributed by atoms with Crippen molar-refractivity contribution in [3.05, 3.63) is 268 Å². The summed E-state index contributed by atoms with van der Waals surface area (Å²) in [4.78, 5) is 71.4. The molecule has 27 heteroatoms. The lowest BCUT2D eigenvalue weighted by Crippen LogP contribution is -2.07. The zero-order valence-corrected chi connectivity index (χ0v) is 73.2. The van der Waals surface area contributed by atoms with Gasteiger partial charge in [0.1, 0.15) is 39.6 Å². The second-order valence-corrected chi connectivity index (χ2v) is 36.1. The highest BCUT2D eigenvalue weighted by Crippen LogP contribution is 2.48. The van der Waals surface area contributed by atoms with E-state index < -0.39 is 0 Å². The summed E-state index contributed by atoms with van der Waals surface area (Å²) in [6.45, 7) is 0. The van der Waals surface area contributed by atoms with Crippen molar-refractivity contribution >= 4 is 187 Å². The first kappa shape index (κ1) is 77.6. The number of benzene rings is 5. The second kappa shape index (κ2) is 31.7. The van der Waals surface area contributed by atoms with E-state index in [1.807, 2.05) is 98.5 Å². The first-order valence-corrected chi connectivity index (χ1v) is 46.5. The van der Waals surface area contributed by atoms with Crippen LogP contribution >= 0.6 is 23.2 Å². The molecule has 642 valence electrons. The summed E-state index contributed by atoms with van der Waals surface area (Å²) in [6.07, 6.45) is 51.5. The first-order valence-electron chi connectivity index (χ1n) is 45.7. The van der Waals surface area contributed by atoms with Crippen LogP contribution in [0.15, 0.2) is 202 Å². The minimum atomic E-state index is 0.492. The van der Waals surface area contributed by atoms with Gasteiger partial charge >= 0.3 is 0 Å². The molecule has 0 amide bonds. The predicted molar refractivity (Wildman–Crippen MR) is 526 cm³/mol. The average Bonchev–Trinajstić information content (AvgIpc) is 1.46. The largest absolute Gasteiger partial charge is 0.358 e. The molecule has 0 fully saturated rings. The lowest BCUT2D eigenvalue weighted by atomic mass is 9.85. The van der Waals surface area contributed by atoms with E-state index in [-0.39, 0.29) is 0 Å². The number of nitrogens with zero attached hydrogens (tertiary/aromatic N) is 15. The maximum Gasteiger partial charge on any atom is 0.139 e. The van der Waals surface area contributed by atoms with Crippen molar-refractivity contribution in [2.75, 3.05) is 0 Å². The topological polar surface area (TPSA) is 351 Å². The molecule has 30 rings (SSSR count). The summed E-state index contributed by atoms with van der Waals surface area (Å²) >= 11 is 12.6. The van der Waals surface area contributed by atoms with Crippen molar-refractivity contribution in [3.8, 4) is 56.3 Å². The van der Waals surface area contributed by atoms with Gasteiger partial charge < -0.3 is 29.9 Å². The van der Waals surface area contributed by atoms with Gasteiger partial charge in [-0.1, -0.05) is 23.2 Å². The van der Waals surface area contributed by atoms with Crippen LogP contribution in [-0.4, -0.2) is 126 Å². The first-order chi connectivity index (χ1) is 65.3. The van der Waals surface area contributed by atoms with E-state index in [4.69, 9.17) is 43.1 Å². The SMILES string of the molecule is Clc1ccc2c(-c3nc4ccc5[nH]ncc5c4c4c3CCCC4)c[nH]c2n1.Clc1ccnc2[nH]cc(-c3nc4ccc5[nH]ncc5c4c4c3CCCC4)c12.c1cnc2[nH]cc(-c3[nH]c4ccc5nccc5c4c4c3CCCC4)c2c1.c1cnc2[nH]cc(-c3nc4ccc5[nH]ncc5c4c4c3CCCC4)c2c1.c1ncc2[nH]cc(-c3nc4ccc5[nH]ncc5c4c4c3CCCC4)c2n1. The Hall–Kier alpha value is -15.5. The summed E-state index contributed by atoms with van der Waals surface area (Å²) in [5.41, 5.74) is 41.2. The number of aromatic amines is 10. The van der Waals surface area contributed by atoms with Crippen molar-refractivity contribution in [1.29, 1.82) is 0 Å².